The van der Waals surface area contributed by atoms with Crippen LogP contribution in [0, 0.1) is 0 Å². The van der Waals surface area contributed by atoms with Gasteiger partial charge in [-0.1, -0.05) is 11.6 Å². The Morgan fingerprint density at radius 2 is 2.44 bits per heavy atom. The van der Waals surface area contributed by atoms with Gasteiger partial charge in [0.15, 0.2) is 5.82 Å². The number of hydrazone groups is 1. The van der Waals surface area contributed by atoms with Gasteiger partial charge < -0.3 is 0 Å². The second kappa shape index (κ2) is 2.33. The molecule has 0 aromatic carbocycles. The number of nitrogens with zero attached hydrogens (tertiary/aromatic N) is 2. The minimum atomic E-state index is -0.00617. The van der Waals surface area contributed by atoms with E-state index in [1.54, 1.807) is 0 Å². The van der Waals surface area contributed by atoms with Gasteiger partial charge >= 0.3 is 0 Å². The van der Waals surface area contributed by atoms with E-state index in [9.17, 15) is 0 Å². The first-order chi connectivity index (χ1) is 4.22. The van der Waals surface area contributed by atoms with Crippen molar-refractivity contribution in [1.29, 1.82) is 0 Å². The molecule has 0 bridgehead atoms. The van der Waals surface area contributed by atoms with Crippen LogP contribution in [0.2, 0.25) is 0 Å². The van der Waals surface area contributed by atoms with E-state index in [4.69, 9.17) is 29.1 Å². The first kappa shape index (κ1) is 6.51. The molecule has 0 saturated carbocycles. The standard InChI is InChI=1S/C3H3Cl2N4/c4-2-1-7-8-9(5)3(2)6/h1,6,8H. The van der Waals surface area contributed by atoms with Crippen molar-refractivity contribution in [3.63, 3.8) is 0 Å². The Kier molecular flexibility index (Phi) is 1.68. The Morgan fingerprint density at radius 3 is 2.89 bits per heavy atom. The molecule has 0 unspecified atom stereocenters. The molecule has 6 heteroatoms. The SMILES string of the molecule is [NH]C1=C(Cl)C=NNN1Cl. The second-order valence-electron chi connectivity index (χ2n) is 1.34. The van der Waals surface area contributed by atoms with Crippen molar-refractivity contribution < 1.29 is 0 Å². The second-order valence-corrected chi connectivity index (χ2v) is 2.08. The smallest absolute Gasteiger partial charge is 0.179 e. The van der Waals surface area contributed by atoms with E-state index in [-0.39, 0.29) is 10.9 Å². The van der Waals surface area contributed by atoms with Gasteiger partial charge in [-0.15, -0.1) is 0 Å². The molecule has 1 rings (SSSR count). The quantitative estimate of drug-likeness (QED) is 0.536. The van der Waals surface area contributed by atoms with E-state index in [0.717, 1.165) is 4.53 Å². The summed E-state index contributed by atoms with van der Waals surface area (Å²) in [5.74, 6) is -0.00617. The topological polar surface area (TPSA) is 51.4 Å². The molecule has 1 aliphatic rings. The molecular weight excluding hydrogens is 163 g/mol. The first-order valence-corrected chi connectivity index (χ1v) is 2.79. The van der Waals surface area contributed by atoms with Crippen molar-refractivity contribution in [2.45, 2.75) is 0 Å². The van der Waals surface area contributed by atoms with Gasteiger partial charge in [-0.3, -0.25) is 5.73 Å². The number of rotatable bonds is 0. The summed E-state index contributed by atoms with van der Waals surface area (Å²) in [5, 5.41) is 3.71. The molecule has 1 aliphatic heterocycles. The maximum absolute atomic E-state index is 7.07. The van der Waals surface area contributed by atoms with Crippen LogP contribution in [0.25, 0.3) is 0 Å². The van der Waals surface area contributed by atoms with Gasteiger partial charge in [0.25, 0.3) is 0 Å². The average molecular weight is 166 g/mol. The summed E-state index contributed by atoms with van der Waals surface area (Å²) in [6.45, 7) is 0. The Hall–Kier alpha value is -0.610. The molecule has 49 valence electrons. The molecule has 0 amide bonds. The van der Waals surface area contributed by atoms with Crippen molar-refractivity contribution in [3.8, 4) is 0 Å². The summed E-state index contributed by atoms with van der Waals surface area (Å²) < 4.78 is 0.891. The van der Waals surface area contributed by atoms with Crippen molar-refractivity contribution in [2.24, 2.45) is 5.10 Å². The fourth-order valence-corrected chi connectivity index (χ4v) is 0.652. The predicted octanol–water partition coefficient (Wildman–Crippen LogP) is 0.637. The van der Waals surface area contributed by atoms with Gasteiger partial charge in [-0.25, -0.2) is 5.53 Å². The Balaban J connectivity index is 2.83. The number of hydrogen-bond acceptors (Lipinski definition) is 3. The summed E-state index contributed by atoms with van der Waals surface area (Å²) in [6, 6.07) is 0. The molecule has 0 saturated heterocycles. The highest BCUT2D eigenvalue weighted by Crippen LogP contribution is 2.11. The van der Waals surface area contributed by atoms with E-state index in [2.05, 4.69) is 10.6 Å². The van der Waals surface area contributed by atoms with E-state index in [1.165, 1.54) is 6.21 Å². The zero-order valence-corrected chi connectivity index (χ0v) is 5.74. The van der Waals surface area contributed by atoms with Gasteiger partial charge in [0.05, 0.1) is 6.21 Å². The highest BCUT2D eigenvalue weighted by Gasteiger charge is 2.09. The summed E-state index contributed by atoms with van der Waals surface area (Å²) in [7, 11) is 0. The molecule has 4 nitrogen and oxygen atoms in total. The number of hydrazine groups is 1. The molecule has 9 heavy (non-hydrogen) atoms. The minimum absolute atomic E-state index is 0.00617. The minimum Gasteiger partial charge on any atom is -0.281 e. The maximum Gasteiger partial charge on any atom is 0.179 e. The molecule has 0 aromatic rings. The molecule has 1 heterocycles. The number of allylic oxidation sites excluding steroid dienone is 1. The van der Waals surface area contributed by atoms with Crippen LogP contribution in [0.15, 0.2) is 16.0 Å². The van der Waals surface area contributed by atoms with Crippen LogP contribution in [-0.4, -0.2) is 10.7 Å². The lowest BCUT2D eigenvalue weighted by molar-refractivity contribution is 0.408. The van der Waals surface area contributed by atoms with Crippen LogP contribution in [0.1, 0.15) is 0 Å². The van der Waals surface area contributed by atoms with Crippen LogP contribution >= 0.6 is 23.4 Å². The zero-order chi connectivity index (χ0) is 6.85. The largest absolute Gasteiger partial charge is 0.281 e. The molecule has 2 N–H and O–H groups in total. The maximum atomic E-state index is 7.07. The lowest BCUT2D eigenvalue weighted by Gasteiger charge is -2.16. The van der Waals surface area contributed by atoms with Gasteiger partial charge in [-0.2, -0.15) is 9.63 Å². The summed E-state index contributed by atoms with van der Waals surface area (Å²) in [6.07, 6.45) is 1.31. The van der Waals surface area contributed by atoms with Crippen molar-refractivity contribution in [1.82, 2.24) is 15.8 Å². The summed E-state index contributed by atoms with van der Waals surface area (Å²) in [5.41, 5.74) is 9.37. The third-order valence-corrected chi connectivity index (χ3v) is 1.27. The summed E-state index contributed by atoms with van der Waals surface area (Å²) in [4.78, 5) is 0. The van der Waals surface area contributed by atoms with Crippen LogP contribution in [0.3, 0.4) is 0 Å². The molecular formula is C3H3Cl2N4. The number of nitrogens with one attached hydrogen (secondary N) is 2. The molecule has 0 aromatic heterocycles. The lowest BCUT2D eigenvalue weighted by atomic mass is 10.6. The summed E-state index contributed by atoms with van der Waals surface area (Å²) >= 11 is 10.8. The fourth-order valence-electron chi connectivity index (χ4n) is 0.341. The first-order valence-electron chi connectivity index (χ1n) is 2.08. The Morgan fingerprint density at radius 1 is 1.78 bits per heavy atom. The van der Waals surface area contributed by atoms with Crippen molar-refractivity contribution in [2.75, 3.05) is 0 Å². The van der Waals surface area contributed by atoms with Crippen LogP contribution < -0.4 is 11.3 Å². The van der Waals surface area contributed by atoms with Crippen LogP contribution in [-0.2, 0) is 0 Å². The third kappa shape index (κ3) is 1.20. The van der Waals surface area contributed by atoms with E-state index in [1.807, 2.05) is 0 Å². The van der Waals surface area contributed by atoms with Crippen LogP contribution in [0.4, 0.5) is 0 Å². The van der Waals surface area contributed by atoms with Gasteiger partial charge in [0.2, 0.25) is 0 Å². The van der Waals surface area contributed by atoms with E-state index < -0.39 is 0 Å². The van der Waals surface area contributed by atoms with Crippen molar-refractivity contribution in [3.05, 3.63) is 10.9 Å². The van der Waals surface area contributed by atoms with Gasteiger partial charge in [0.1, 0.15) is 5.03 Å². The van der Waals surface area contributed by atoms with E-state index in [0.29, 0.717) is 0 Å². The van der Waals surface area contributed by atoms with E-state index >= 15 is 0 Å². The monoisotopic (exact) mass is 165 g/mol. The Bertz CT molecular complexity index is 175. The third-order valence-electron chi connectivity index (χ3n) is 0.746. The molecule has 0 atom stereocenters. The molecule has 1 radical (unpaired) electrons. The van der Waals surface area contributed by atoms with Gasteiger partial charge in [0, 0.05) is 11.8 Å². The average Bonchev–Trinajstić information content (AvgIpc) is 1.83. The van der Waals surface area contributed by atoms with Crippen LogP contribution in [0.5, 0.6) is 0 Å². The normalized spacial score (nSPS) is 18.2. The predicted molar refractivity (Wildman–Crippen MR) is 35.3 cm³/mol. The number of halogens is 2. The zero-order valence-electron chi connectivity index (χ0n) is 4.23. The molecule has 0 aliphatic carbocycles. The number of hydrogen-bond donors (Lipinski definition) is 1. The fraction of sp³-hybridized carbons (Fsp3) is 0. The molecule has 0 spiro atoms. The Labute approximate surface area is 62.0 Å². The lowest BCUT2D eigenvalue weighted by Crippen LogP contribution is -2.28. The highest BCUT2D eigenvalue weighted by molar-refractivity contribution is 6.40. The molecule has 0 fully saturated rings. The van der Waals surface area contributed by atoms with Crippen molar-refractivity contribution >= 4 is 29.6 Å². The van der Waals surface area contributed by atoms with Gasteiger partial charge in [-0.05, 0) is 0 Å². The highest BCUT2D eigenvalue weighted by atomic mass is 35.5.